The predicted octanol–water partition coefficient (Wildman–Crippen LogP) is 3.57. The summed E-state index contributed by atoms with van der Waals surface area (Å²) in [5.41, 5.74) is 2.94. The summed E-state index contributed by atoms with van der Waals surface area (Å²) in [7, 11) is -3.52. The van der Waals surface area contributed by atoms with Crippen LogP contribution in [0.3, 0.4) is 0 Å². The lowest BCUT2D eigenvalue weighted by Crippen LogP contribution is -2.49. The first-order valence-electron chi connectivity index (χ1n) is 10.3. The van der Waals surface area contributed by atoms with Crippen molar-refractivity contribution in [3.63, 3.8) is 0 Å². The molecule has 1 saturated heterocycles. The average Bonchev–Trinajstić information content (AvgIpc) is 3.12. The van der Waals surface area contributed by atoms with Crippen molar-refractivity contribution in [2.24, 2.45) is 0 Å². The molecule has 1 aromatic carbocycles. The lowest BCUT2D eigenvalue weighted by molar-refractivity contribution is 0.190. The van der Waals surface area contributed by atoms with E-state index in [1.807, 2.05) is 12.3 Å². The minimum absolute atomic E-state index is 0.309. The number of hydrogen-bond acceptors (Lipinski definition) is 4. The molecule has 4 rings (SSSR count). The molecule has 1 aliphatic rings. The van der Waals surface area contributed by atoms with Gasteiger partial charge in [0.15, 0.2) is 0 Å². The lowest BCUT2D eigenvalue weighted by atomic mass is 10.1. The van der Waals surface area contributed by atoms with Crippen LogP contribution in [-0.4, -0.2) is 59.9 Å². The summed E-state index contributed by atoms with van der Waals surface area (Å²) < 4.78 is 29.9. The lowest BCUT2D eigenvalue weighted by Gasteiger charge is -2.34. The van der Waals surface area contributed by atoms with Crippen LogP contribution in [0.2, 0.25) is 5.02 Å². The fourth-order valence-electron chi connectivity index (χ4n) is 4.11. The maximum absolute atomic E-state index is 13.1. The highest BCUT2D eigenvalue weighted by atomic mass is 35.5. The van der Waals surface area contributed by atoms with Gasteiger partial charge in [0, 0.05) is 62.1 Å². The van der Waals surface area contributed by atoms with Gasteiger partial charge in [-0.3, -0.25) is 0 Å². The molecule has 6 nitrogen and oxygen atoms in total. The van der Waals surface area contributed by atoms with Gasteiger partial charge in [0.25, 0.3) is 0 Å². The van der Waals surface area contributed by atoms with E-state index in [1.165, 1.54) is 10.9 Å². The van der Waals surface area contributed by atoms with Crippen LogP contribution < -0.4 is 0 Å². The molecule has 0 radical (unpaired) electrons. The Balaban J connectivity index is 1.40. The van der Waals surface area contributed by atoms with Gasteiger partial charge in [-0.1, -0.05) is 17.7 Å². The van der Waals surface area contributed by atoms with Crippen LogP contribution in [0.1, 0.15) is 18.1 Å². The van der Waals surface area contributed by atoms with E-state index in [0.717, 1.165) is 38.2 Å². The fourth-order valence-corrected chi connectivity index (χ4v) is 6.01. The van der Waals surface area contributed by atoms with Gasteiger partial charge in [-0.15, -0.1) is 0 Å². The molecule has 3 heterocycles. The zero-order valence-electron chi connectivity index (χ0n) is 17.4. The molecule has 0 bridgehead atoms. The Hall–Kier alpha value is -1.93. The second kappa shape index (κ2) is 8.67. The molecule has 160 valence electrons. The largest absolute Gasteiger partial charge is 0.333 e. The number of aromatic nitrogens is 2. The van der Waals surface area contributed by atoms with Crippen molar-refractivity contribution in [2.45, 2.75) is 31.7 Å². The maximum atomic E-state index is 13.1. The minimum atomic E-state index is -3.52. The highest BCUT2D eigenvalue weighted by molar-refractivity contribution is 7.89. The molecule has 3 aromatic rings. The molecular formula is C22H27ClN4O2S. The van der Waals surface area contributed by atoms with Crippen molar-refractivity contribution in [3.8, 4) is 0 Å². The number of nitrogens with zero attached hydrogens (tertiary/aromatic N) is 4. The van der Waals surface area contributed by atoms with Crippen LogP contribution in [0.15, 0.2) is 47.6 Å². The number of aryl methyl sites for hydroxylation is 1. The number of hydrogen-bond donors (Lipinski definition) is 0. The van der Waals surface area contributed by atoms with Gasteiger partial charge < -0.3 is 9.47 Å². The predicted molar refractivity (Wildman–Crippen MR) is 120 cm³/mol. The fraction of sp³-hybridized carbons (Fsp3) is 0.409. The van der Waals surface area contributed by atoms with Crippen LogP contribution in [0.4, 0.5) is 0 Å². The highest BCUT2D eigenvalue weighted by Crippen LogP contribution is 2.26. The summed E-state index contributed by atoms with van der Waals surface area (Å²) >= 11 is 6.14. The summed E-state index contributed by atoms with van der Waals surface area (Å²) in [6.45, 7) is 8.12. The summed E-state index contributed by atoms with van der Waals surface area (Å²) in [4.78, 5) is 7.16. The number of benzene rings is 1. The summed E-state index contributed by atoms with van der Waals surface area (Å²) in [6, 6.07) is 9.16. The second-order valence-corrected chi connectivity index (χ2v) is 9.99. The number of rotatable bonds is 6. The molecule has 1 fully saturated rings. The van der Waals surface area contributed by atoms with Crippen molar-refractivity contribution in [2.75, 3.05) is 32.7 Å². The SMILES string of the molecule is CCn1cc(CCN2CCN(S(=O)(=O)c3cccc(Cl)c3C)CC2)c2cccnc21. The number of halogens is 1. The number of pyridine rings is 1. The quantitative estimate of drug-likeness (QED) is 0.580. The third kappa shape index (κ3) is 3.99. The Morgan fingerprint density at radius 1 is 1.10 bits per heavy atom. The Bertz CT molecular complexity index is 1150. The molecule has 1 aliphatic heterocycles. The second-order valence-electron chi connectivity index (χ2n) is 7.67. The number of piperazine rings is 1. The van der Waals surface area contributed by atoms with Gasteiger partial charge in [0.1, 0.15) is 5.65 Å². The van der Waals surface area contributed by atoms with E-state index in [9.17, 15) is 8.42 Å². The highest BCUT2D eigenvalue weighted by Gasteiger charge is 2.30. The third-order valence-electron chi connectivity index (χ3n) is 5.92. The molecule has 0 amide bonds. The van der Waals surface area contributed by atoms with Crippen LogP contribution in [-0.2, 0) is 23.0 Å². The third-order valence-corrected chi connectivity index (χ3v) is 8.37. The molecular weight excluding hydrogens is 420 g/mol. The first kappa shape index (κ1) is 21.3. The van der Waals surface area contributed by atoms with E-state index >= 15 is 0 Å². The van der Waals surface area contributed by atoms with Crippen molar-refractivity contribution < 1.29 is 8.42 Å². The summed E-state index contributed by atoms with van der Waals surface area (Å²) in [5.74, 6) is 0. The van der Waals surface area contributed by atoms with Gasteiger partial charge in [-0.05, 0) is 55.7 Å². The van der Waals surface area contributed by atoms with Crippen molar-refractivity contribution in [1.29, 1.82) is 0 Å². The summed E-state index contributed by atoms with van der Waals surface area (Å²) in [6.07, 6.45) is 4.95. The molecule has 0 unspecified atom stereocenters. The standard InChI is InChI=1S/C22H27ClN4O2S/c1-3-26-16-18(19-6-5-10-24-22(19)26)9-11-25-12-14-27(15-13-25)30(28,29)21-8-4-7-20(23)17(21)2/h4-8,10,16H,3,9,11-15H2,1-2H3. The first-order chi connectivity index (χ1) is 14.4. The van der Waals surface area contributed by atoms with E-state index in [4.69, 9.17) is 11.6 Å². The Morgan fingerprint density at radius 3 is 2.60 bits per heavy atom. The molecule has 8 heteroatoms. The zero-order chi connectivity index (χ0) is 21.3. The Labute approximate surface area is 183 Å². The Morgan fingerprint density at radius 2 is 1.87 bits per heavy atom. The van der Waals surface area contributed by atoms with Crippen LogP contribution in [0.25, 0.3) is 11.0 Å². The number of fused-ring (bicyclic) bond motifs is 1. The van der Waals surface area contributed by atoms with Crippen molar-refractivity contribution in [1.82, 2.24) is 18.8 Å². The first-order valence-corrected chi connectivity index (χ1v) is 12.1. The molecule has 0 saturated carbocycles. The maximum Gasteiger partial charge on any atom is 0.243 e. The average molecular weight is 447 g/mol. The van der Waals surface area contributed by atoms with E-state index in [0.29, 0.717) is 28.6 Å². The van der Waals surface area contributed by atoms with Crippen LogP contribution >= 0.6 is 11.6 Å². The summed E-state index contributed by atoms with van der Waals surface area (Å²) in [5, 5.41) is 1.69. The van der Waals surface area contributed by atoms with Gasteiger partial charge >= 0.3 is 0 Å². The van der Waals surface area contributed by atoms with Crippen molar-refractivity contribution >= 4 is 32.7 Å². The molecule has 30 heavy (non-hydrogen) atoms. The Kier molecular flexibility index (Phi) is 6.16. The molecule has 0 atom stereocenters. The molecule has 0 aliphatic carbocycles. The van der Waals surface area contributed by atoms with Crippen LogP contribution in [0.5, 0.6) is 0 Å². The normalized spacial score (nSPS) is 16.4. The van der Waals surface area contributed by atoms with E-state index in [-0.39, 0.29) is 0 Å². The zero-order valence-corrected chi connectivity index (χ0v) is 19.0. The number of sulfonamides is 1. The van der Waals surface area contributed by atoms with E-state index < -0.39 is 10.0 Å². The smallest absolute Gasteiger partial charge is 0.243 e. The monoisotopic (exact) mass is 446 g/mol. The minimum Gasteiger partial charge on any atom is -0.333 e. The van der Waals surface area contributed by atoms with Crippen molar-refractivity contribution in [3.05, 3.63) is 58.9 Å². The molecule has 0 N–H and O–H groups in total. The topological polar surface area (TPSA) is 58.4 Å². The van der Waals surface area contributed by atoms with Crippen LogP contribution in [0, 0.1) is 6.92 Å². The van der Waals surface area contributed by atoms with Gasteiger partial charge in [0.2, 0.25) is 10.0 Å². The molecule has 2 aromatic heterocycles. The van der Waals surface area contributed by atoms with Gasteiger partial charge in [-0.25, -0.2) is 13.4 Å². The molecule has 0 spiro atoms. The van der Waals surface area contributed by atoms with E-state index in [1.54, 1.807) is 29.4 Å². The van der Waals surface area contributed by atoms with E-state index in [2.05, 4.69) is 33.6 Å². The van der Waals surface area contributed by atoms with Gasteiger partial charge in [0.05, 0.1) is 4.90 Å². The van der Waals surface area contributed by atoms with Gasteiger partial charge in [-0.2, -0.15) is 4.31 Å².